The summed E-state index contributed by atoms with van der Waals surface area (Å²) in [5, 5.41) is 13.0. The molecule has 0 spiro atoms. The van der Waals surface area contributed by atoms with Crippen LogP contribution in [-0.4, -0.2) is 23.4 Å². The minimum Gasteiger partial charge on any atom is -0.461 e. The highest BCUT2D eigenvalue weighted by Gasteiger charge is 2.25. The Balaban J connectivity index is 2.99. The summed E-state index contributed by atoms with van der Waals surface area (Å²) in [6.07, 6.45) is -1.54. The van der Waals surface area contributed by atoms with Gasteiger partial charge in [0.05, 0.1) is 6.61 Å². The zero-order valence-electron chi connectivity index (χ0n) is 9.26. The molecule has 0 radical (unpaired) electrons. The molecule has 1 unspecified atom stereocenters. The number of aliphatic hydroxyl groups is 1. The van der Waals surface area contributed by atoms with E-state index in [4.69, 9.17) is 5.84 Å². The monoisotopic (exact) mass is 240 g/mol. The number of hydrogen-bond acceptors (Lipinski definition) is 5. The minimum atomic E-state index is -1.54. The van der Waals surface area contributed by atoms with E-state index < -0.39 is 23.6 Å². The maximum Gasteiger partial charge on any atom is 0.357 e. The number of nitrogens with two attached hydrogens (primary N) is 1. The van der Waals surface area contributed by atoms with Gasteiger partial charge in [0.2, 0.25) is 0 Å². The van der Waals surface area contributed by atoms with Crippen LogP contribution in [0.1, 0.15) is 18.6 Å². The van der Waals surface area contributed by atoms with E-state index >= 15 is 0 Å². The van der Waals surface area contributed by atoms with Crippen LogP contribution < -0.4 is 5.84 Å². The van der Waals surface area contributed by atoms with Crippen LogP contribution in [0.25, 0.3) is 0 Å². The van der Waals surface area contributed by atoms with Crippen molar-refractivity contribution >= 4 is 11.7 Å². The number of esters is 1. The van der Waals surface area contributed by atoms with Crippen molar-refractivity contribution in [3.63, 3.8) is 0 Å². The van der Waals surface area contributed by atoms with E-state index in [1.165, 1.54) is 18.2 Å². The second-order valence-electron chi connectivity index (χ2n) is 3.16. The summed E-state index contributed by atoms with van der Waals surface area (Å²) < 4.78 is 18.0. The first-order chi connectivity index (χ1) is 8.11. The van der Waals surface area contributed by atoms with Crippen molar-refractivity contribution in [2.45, 2.75) is 13.0 Å². The van der Waals surface area contributed by atoms with E-state index in [0.29, 0.717) is 0 Å². The van der Waals surface area contributed by atoms with Crippen molar-refractivity contribution in [2.75, 3.05) is 6.61 Å². The van der Waals surface area contributed by atoms with Gasteiger partial charge in [0.1, 0.15) is 11.9 Å². The second kappa shape index (κ2) is 5.95. The Morgan fingerprint density at radius 3 is 2.76 bits per heavy atom. The molecule has 0 saturated heterocycles. The molecule has 1 rings (SSSR count). The molecule has 0 fully saturated rings. The lowest BCUT2D eigenvalue weighted by atomic mass is 10.0. The third kappa shape index (κ3) is 3.01. The first-order valence-electron chi connectivity index (χ1n) is 4.99. The molecule has 5 nitrogen and oxygen atoms in total. The fourth-order valence-corrected chi connectivity index (χ4v) is 1.28. The van der Waals surface area contributed by atoms with Gasteiger partial charge in [0.25, 0.3) is 0 Å². The van der Waals surface area contributed by atoms with E-state index in [-0.39, 0.29) is 12.2 Å². The number of hydrazone groups is 1. The molecule has 3 N–H and O–H groups in total. The summed E-state index contributed by atoms with van der Waals surface area (Å²) in [4.78, 5) is 11.4. The Kier molecular flexibility index (Phi) is 4.59. The lowest BCUT2D eigenvalue weighted by Crippen LogP contribution is -2.26. The maximum absolute atomic E-state index is 13.4. The van der Waals surface area contributed by atoms with Gasteiger partial charge in [-0.25, -0.2) is 9.18 Å². The van der Waals surface area contributed by atoms with Crippen LogP contribution in [0.2, 0.25) is 0 Å². The van der Waals surface area contributed by atoms with Gasteiger partial charge >= 0.3 is 5.97 Å². The van der Waals surface area contributed by atoms with Gasteiger partial charge in [0.15, 0.2) is 5.71 Å². The third-order valence-corrected chi connectivity index (χ3v) is 2.08. The molecule has 0 amide bonds. The molecule has 0 aliphatic rings. The molecule has 0 aliphatic carbocycles. The van der Waals surface area contributed by atoms with Crippen molar-refractivity contribution in [1.29, 1.82) is 0 Å². The predicted octanol–water partition coefficient (Wildman–Crippen LogP) is 0.737. The number of benzene rings is 1. The van der Waals surface area contributed by atoms with Crippen molar-refractivity contribution in [2.24, 2.45) is 10.9 Å². The average molecular weight is 240 g/mol. The highest BCUT2D eigenvalue weighted by atomic mass is 19.1. The number of hydrogen-bond donors (Lipinski definition) is 2. The maximum atomic E-state index is 13.4. The molecule has 0 saturated carbocycles. The Labute approximate surface area is 97.7 Å². The first-order valence-corrected chi connectivity index (χ1v) is 4.99. The summed E-state index contributed by atoms with van der Waals surface area (Å²) in [5.41, 5.74) is -0.512. The third-order valence-electron chi connectivity index (χ3n) is 2.08. The summed E-state index contributed by atoms with van der Waals surface area (Å²) in [5.74, 6) is 3.48. The van der Waals surface area contributed by atoms with E-state index in [1.54, 1.807) is 6.92 Å². The number of halogens is 1. The van der Waals surface area contributed by atoms with Crippen LogP contribution in [0.15, 0.2) is 29.4 Å². The zero-order valence-corrected chi connectivity index (χ0v) is 9.26. The van der Waals surface area contributed by atoms with Crippen molar-refractivity contribution in [1.82, 2.24) is 0 Å². The van der Waals surface area contributed by atoms with Crippen LogP contribution in [0, 0.1) is 5.82 Å². The van der Waals surface area contributed by atoms with Gasteiger partial charge < -0.3 is 15.7 Å². The van der Waals surface area contributed by atoms with Crippen LogP contribution in [0.4, 0.5) is 4.39 Å². The molecular formula is C11H13FN2O3. The summed E-state index contributed by atoms with van der Waals surface area (Å²) in [6, 6.07) is 5.50. The van der Waals surface area contributed by atoms with Crippen molar-refractivity contribution in [3.8, 4) is 0 Å². The number of carbonyl (C=O) groups is 1. The van der Waals surface area contributed by atoms with Crippen LogP contribution in [-0.2, 0) is 9.53 Å². The second-order valence-corrected chi connectivity index (χ2v) is 3.16. The fourth-order valence-electron chi connectivity index (χ4n) is 1.28. The van der Waals surface area contributed by atoms with E-state index in [0.717, 1.165) is 6.07 Å². The Morgan fingerprint density at radius 1 is 1.59 bits per heavy atom. The van der Waals surface area contributed by atoms with Crippen molar-refractivity contribution < 1.29 is 19.0 Å². The minimum absolute atomic E-state index is 0.0789. The quantitative estimate of drug-likeness (QED) is 0.352. The van der Waals surface area contributed by atoms with E-state index in [9.17, 15) is 14.3 Å². The molecule has 0 heterocycles. The molecule has 6 heteroatoms. The van der Waals surface area contributed by atoms with Gasteiger partial charge in [0, 0.05) is 5.56 Å². The van der Waals surface area contributed by atoms with Gasteiger partial charge in [-0.2, -0.15) is 5.10 Å². The Hall–Kier alpha value is -1.95. The topological polar surface area (TPSA) is 84.9 Å². The zero-order chi connectivity index (χ0) is 12.8. The highest BCUT2D eigenvalue weighted by molar-refractivity contribution is 6.38. The number of aliphatic hydroxyl groups excluding tert-OH is 1. The van der Waals surface area contributed by atoms with Crippen LogP contribution in [0.5, 0.6) is 0 Å². The molecule has 17 heavy (non-hydrogen) atoms. The molecule has 1 atom stereocenters. The molecule has 1 aromatic rings. The van der Waals surface area contributed by atoms with Gasteiger partial charge in [-0.15, -0.1) is 0 Å². The predicted molar refractivity (Wildman–Crippen MR) is 59.6 cm³/mol. The first kappa shape index (κ1) is 13.1. The molecule has 0 bridgehead atoms. The lowest BCUT2D eigenvalue weighted by molar-refractivity contribution is -0.135. The number of rotatable bonds is 4. The van der Waals surface area contributed by atoms with Gasteiger partial charge in [-0.05, 0) is 13.0 Å². The lowest BCUT2D eigenvalue weighted by Gasteiger charge is -2.12. The van der Waals surface area contributed by atoms with Crippen LogP contribution >= 0.6 is 0 Å². The number of nitrogens with zero attached hydrogens (tertiary/aromatic N) is 1. The smallest absolute Gasteiger partial charge is 0.357 e. The largest absolute Gasteiger partial charge is 0.461 e. The molecular weight excluding hydrogens is 227 g/mol. The highest BCUT2D eigenvalue weighted by Crippen LogP contribution is 2.18. The van der Waals surface area contributed by atoms with E-state index in [2.05, 4.69) is 9.84 Å². The van der Waals surface area contributed by atoms with Crippen LogP contribution in [0.3, 0.4) is 0 Å². The Bertz CT molecular complexity index is 434. The van der Waals surface area contributed by atoms with Gasteiger partial charge in [-0.1, -0.05) is 18.2 Å². The molecule has 92 valence electrons. The number of carbonyl (C=O) groups excluding carboxylic acids is 1. The van der Waals surface area contributed by atoms with Gasteiger partial charge in [-0.3, -0.25) is 0 Å². The standard InChI is InChI=1S/C11H13FN2O3/c1-2-17-11(16)9(14-13)10(15)7-5-3-4-6-8(7)12/h3-6,10,15H,2,13H2,1H3/b14-9-. The molecule has 0 aromatic heterocycles. The molecule has 1 aromatic carbocycles. The van der Waals surface area contributed by atoms with E-state index in [1.807, 2.05) is 0 Å². The summed E-state index contributed by atoms with van der Waals surface area (Å²) in [6.45, 7) is 1.71. The molecule has 0 aliphatic heterocycles. The average Bonchev–Trinajstić information content (AvgIpc) is 2.30. The number of ether oxygens (including phenoxy) is 1. The summed E-state index contributed by atoms with van der Waals surface area (Å²) >= 11 is 0. The normalized spacial score (nSPS) is 13.2. The van der Waals surface area contributed by atoms with Crippen molar-refractivity contribution in [3.05, 3.63) is 35.6 Å². The fraction of sp³-hybridized carbons (Fsp3) is 0.273. The summed E-state index contributed by atoms with van der Waals surface area (Å²) in [7, 11) is 0. The SMILES string of the molecule is CCOC(=O)/C(=N\N)C(O)c1ccccc1F. The Morgan fingerprint density at radius 2 is 2.24 bits per heavy atom.